The van der Waals surface area contributed by atoms with Gasteiger partial charge in [0.1, 0.15) is 23.1 Å². The van der Waals surface area contributed by atoms with Crippen LogP contribution in [-0.4, -0.2) is 138 Å². The van der Waals surface area contributed by atoms with Gasteiger partial charge < -0.3 is 34.8 Å². The second-order valence-corrected chi connectivity index (χ2v) is 23.3. The number of carbonyl (C=O) groups is 3. The molecule has 15 heteroatoms. The van der Waals surface area contributed by atoms with Crippen LogP contribution in [0.1, 0.15) is 98.2 Å². The second-order valence-electron chi connectivity index (χ2n) is 23.3. The fourth-order valence-electron chi connectivity index (χ4n) is 14.2. The molecule has 2 unspecified atom stereocenters. The number of halogens is 1. The summed E-state index contributed by atoms with van der Waals surface area (Å²) in [5.41, 5.74) is 5.82. The highest BCUT2D eigenvalue weighted by atomic mass is 19.1. The molecule has 2 bridgehead atoms. The minimum absolute atomic E-state index is 0.0245. The number of ether oxygens (including phenoxy) is 1. The van der Waals surface area contributed by atoms with Gasteiger partial charge in [-0.05, 0) is 153 Å². The number of anilines is 2. The predicted octanol–water partition coefficient (Wildman–Crippen LogP) is 7.01. The zero-order chi connectivity index (χ0) is 50.5. The highest BCUT2D eigenvalue weighted by molar-refractivity contribution is 6.06. The van der Waals surface area contributed by atoms with Crippen molar-refractivity contribution in [2.75, 3.05) is 81.9 Å². The number of phenolic OH excluding ortho intramolecular Hbond substituents is 1. The number of hydrogen-bond donors (Lipinski definition) is 3. The Labute approximate surface area is 432 Å². The zero-order valence-corrected chi connectivity index (χ0v) is 42.4. The van der Waals surface area contributed by atoms with Gasteiger partial charge in [-0.25, -0.2) is 4.39 Å². The van der Waals surface area contributed by atoms with Gasteiger partial charge in [-0.15, -0.1) is 6.42 Å². The highest BCUT2D eigenvalue weighted by Gasteiger charge is 2.50. The van der Waals surface area contributed by atoms with Crippen LogP contribution in [0, 0.1) is 34.9 Å². The summed E-state index contributed by atoms with van der Waals surface area (Å²) in [4.78, 5) is 59.2. The van der Waals surface area contributed by atoms with E-state index in [0.717, 1.165) is 130 Å². The van der Waals surface area contributed by atoms with Crippen molar-refractivity contribution in [3.8, 4) is 35.2 Å². The number of benzene rings is 4. The number of fused-ring (bicyclic) bond motifs is 5. The summed E-state index contributed by atoms with van der Waals surface area (Å²) < 4.78 is 24.3. The molecule has 5 saturated heterocycles. The monoisotopic (exact) mass is 1000 g/mol. The van der Waals surface area contributed by atoms with Gasteiger partial charge in [0.2, 0.25) is 11.8 Å². The lowest BCUT2D eigenvalue weighted by molar-refractivity contribution is -0.136. The summed E-state index contributed by atoms with van der Waals surface area (Å²) in [5, 5.41) is 19.2. The fourth-order valence-corrected chi connectivity index (χ4v) is 14.2. The molecule has 14 nitrogen and oxygen atoms in total. The molecule has 3 N–H and O–H groups in total. The Hall–Kier alpha value is -6.34. The third-order valence-electron chi connectivity index (χ3n) is 18.4. The molecule has 7 heterocycles. The van der Waals surface area contributed by atoms with Crippen molar-refractivity contribution in [1.29, 1.82) is 0 Å². The Morgan fingerprint density at radius 1 is 0.878 bits per heavy atom. The van der Waals surface area contributed by atoms with E-state index >= 15 is 4.39 Å². The van der Waals surface area contributed by atoms with E-state index in [1.54, 1.807) is 17.0 Å². The maximum absolute atomic E-state index is 17.7. The van der Waals surface area contributed by atoms with E-state index in [2.05, 4.69) is 42.2 Å². The minimum Gasteiger partial charge on any atom is -0.508 e. The predicted molar refractivity (Wildman–Crippen MR) is 283 cm³/mol. The van der Waals surface area contributed by atoms with E-state index in [1.807, 2.05) is 43.3 Å². The van der Waals surface area contributed by atoms with Crippen LogP contribution in [0.15, 0.2) is 54.6 Å². The van der Waals surface area contributed by atoms with Crippen molar-refractivity contribution < 1.29 is 28.6 Å². The summed E-state index contributed by atoms with van der Waals surface area (Å²) in [6.45, 7) is 12.7. The van der Waals surface area contributed by atoms with Gasteiger partial charge in [-0.3, -0.25) is 24.6 Å². The van der Waals surface area contributed by atoms with Crippen LogP contribution >= 0.6 is 0 Å². The number of piperazine rings is 2. The van der Waals surface area contributed by atoms with Crippen molar-refractivity contribution in [2.45, 2.75) is 102 Å². The maximum Gasteiger partial charge on any atom is 0.319 e. The SMILES string of the molecule is C#Cc1cccc2cc(O)cc(-c3c(CC)cc4c(N5CC6CCC(C5)N6)nc(OCC5(CN6CCC7(CC6)CC(CN6CCN(c8ccc9c(c8)CN([C@H]8CCC(=O)NC8=O)C9=O)CC6)C7)CC5)nc4c3F)c12. The zero-order valence-electron chi connectivity index (χ0n) is 42.4. The van der Waals surface area contributed by atoms with E-state index in [9.17, 15) is 19.5 Å². The average molecular weight is 1000 g/mol. The number of nitrogens with zero attached hydrogens (tertiary/aromatic N) is 7. The minimum atomic E-state index is -0.601. The van der Waals surface area contributed by atoms with E-state index < -0.39 is 11.9 Å². The largest absolute Gasteiger partial charge is 0.508 e. The molecule has 3 amide bonds. The first kappa shape index (κ1) is 47.4. The first-order valence-electron chi connectivity index (χ1n) is 27.3. The summed E-state index contributed by atoms with van der Waals surface area (Å²) >= 11 is 0. The lowest BCUT2D eigenvalue weighted by atomic mass is 9.57. The number of amides is 3. The number of carbonyl (C=O) groups excluding carboxylic acids is 3. The topological polar surface area (TPSA) is 147 Å². The number of nitrogens with one attached hydrogen (secondary N) is 2. The summed E-state index contributed by atoms with van der Waals surface area (Å²) in [6, 6.07) is 17.4. The number of terminal acetylenes is 1. The number of rotatable bonds is 12. The van der Waals surface area contributed by atoms with E-state index in [0.29, 0.717) is 71.1 Å². The standard InChI is InChI=1S/C59H66FN9O5/c1-3-37-6-5-7-39-25-44(70)27-46(50(37)39)51-38(4-2)26-47-53(52(51)60)63-57(64-54(47)68-32-41-8-9-42(33-68)61-41)74-35-59(14-15-59)34-66-18-16-58(17-19-66)28-36(29-58)30-65-20-22-67(23-21-65)43-10-11-45-40(24-43)31-69(56(45)73)48-12-13-49(71)62-55(48)72/h1,5-7,10-11,24-27,36,41-42,48,61,70H,4,8-9,12-23,28-35H2,2H3,(H,62,71,72)/t41?,42?,48-/m0/s1. The molecule has 2 saturated carbocycles. The number of likely N-dealkylation sites (tertiary alicyclic amines) is 1. The molecule has 0 radical (unpaired) electrons. The molecule has 13 rings (SSSR count). The van der Waals surface area contributed by atoms with Crippen LogP contribution in [0.25, 0.3) is 32.8 Å². The van der Waals surface area contributed by atoms with E-state index in [-0.39, 0.29) is 46.8 Å². The van der Waals surface area contributed by atoms with E-state index in [4.69, 9.17) is 21.1 Å². The molecule has 1 spiro atoms. The van der Waals surface area contributed by atoms with Gasteiger partial charge >= 0.3 is 6.01 Å². The number of aromatic hydroxyl groups is 1. The fraction of sp³-hybridized carbons (Fsp3) is 0.508. The van der Waals surface area contributed by atoms with Crippen molar-refractivity contribution in [1.82, 2.24) is 35.3 Å². The number of aryl methyl sites for hydroxylation is 1. The summed E-state index contributed by atoms with van der Waals surface area (Å²) in [6.07, 6.45) is 16.7. The Bertz CT molecular complexity index is 3130. The number of imide groups is 1. The molecule has 4 aromatic carbocycles. The van der Waals surface area contributed by atoms with Crippen LogP contribution in [-0.2, 0) is 22.6 Å². The third-order valence-corrected chi connectivity index (χ3v) is 18.4. The van der Waals surface area contributed by atoms with Crippen molar-refractivity contribution in [3.63, 3.8) is 0 Å². The van der Waals surface area contributed by atoms with Gasteiger partial charge in [0.05, 0.1) is 6.61 Å². The summed E-state index contributed by atoms with van der Waals surface area (Å²) in [7, 11) is 0. The van der Waals surface area contributed by atoms with Crippen LogP contribution in [0.3, 0.4) is 0 Å². The quantitative estimate of drug-likeness (QED) is 0.0873. The Morgan fingerprint density at radius 2 is 1.66 bits per heavy atom. The molecule has 7 fully saturated rings. The number of aromatic nitrogens is 2. The van der Waals surface area contributed by atoms with Crippen LogP contribution < -0.4 is 25.2 Å². The molecular weight excluding hydrogens is 934 g/mol. The van der Waals surface area contributed by atoms with Crippen molar-refractivity contribution >= 4 is 50.9 Å². The Balaban J connectivity index is 0.636. The second kappa shape index (κ2) is 18.5. The lowest BCUT2D eigenvalue weighted by Crippen LogP contribution is -2.53. The van der Waals surface area contributed by atoms with Crippen LogP contribution in [0.4, 0.5) is 15.9 Å². The average Bonchev–Trinajstić information content (AvgIpc) is 3.99. The molecule has 384 valence electrons. The Morgan fingerprint density at radius 3 is 2.39 bits per heavy atom. The normalized spacial score (nSPS) is 24.6. The van der Waals surface area contributed by atoms with Gasteiger partial charge in [0.25, 0.3) is 5.91 Å². The molecule has 6 aliphatic heterocycles. The van der Waals surface area contributed by atoms with Crippen molar-refractivity contribution in [2.24, 2.45) is 16.7 Å². The lowest BCUT2D eigenvalue weighted by Gasteiger charge is -2.54. The van der Waals surface area contributed by atoms with Crippen LogP contribution in [0.5, 0.6) is 11.8 Å². The molecule has 74 heavy (non-hydrogen) atoms. The molecule has 5 aromatic rings. The third kappa shape index (κ3) is 8.60. The van der Waals surface area contributed by atoms with Gasteiger partial charge in [-0.1, -0.05) is 25.0 Å². The highest BCUT2D eigenvalue weighted by Crippen LogP contribution is 2.54. The molecular formula is C59H66FN9O5. The first-order chi connectivity index (χ1) is 35.9. The van der Waals surface area contributed by atoms with E-state index in [1.165, 1.54) is 25.7 Å². The molecule has 3 atom stereocenters. The van der Waals surface area contributed by atoms with Crippen LogP contribution in [0.2, 0.25) is 0 Å². The van der Waals surface area contributed by atoms with Crippen molar-refractivity contribution in [3.05, 3.63) is 82.7 Å². The summed E-state index contributed by atoms with van der Waals surface area (Å²) in [5.74, 6) is 3.05. The maximum atomic E-state index is 17.7. The first-order valence-corrected chi connectivity index (χ1v) is 27.3. The van der Waals surface area contributed by atoms with Gasteiger partial charge in [0.15, 0.2) is 5.82 Å². The number of hydrogen-bond acceptors (Lipinski definition) is 12. The molecule has 2 aliphatic carbocycles. The van der Waals surface area contributed by atoms with Gasteiger partial charge in [-0.2, -0.15) is 9.97 Å². The molecule has 8 aliphatic rings. The Kier molecular flexibility index (Phi) is 11.8. The smallest absolute Gasteiger partial charge is 0.319 e. The number of phenols is 1. The molecule has 1 aromatic heterocycles. The number of piperidine rings is 2. The van der Waals surface area contributed by atoms with Gasteiger partial charge in [0, 0.05) is 116 Å².